The number of hydrogen-bond donors (Lipinski definition) is 1. The predicted octanol–water partition coefficient (Wildman–Crippen LogP) is 4.39. The van der Waals surface area contributed by atoms with E-state index in [1.165, 1.54) is 28.7 Å². The van der Waals surface area contributed by atoms with Gasteiger partial charge in [-0.1, -0.05) is 62.4 Å². The highest BCUT2D eigenvalue weighted by Crippen LogP contribution is 2.52. The van der Waals surface area contributed by atoms with Crippen LogP contribution in [0, 0.1) is 11.3 Å². The second kappa shape index (κ2) is 4.20. The van der Waals surface area contributed by atoms with Gasteiger partial charge in [-0.15, -0.1) is 0 Å². The Balaban J connectivity index is 1.65. The third-order valence-electron chi connectivity index (χ3n) is 5.12. The summed E-state index contributed by atoms with van der Waals surface area (Å²) in [5, 5.41) is 3.81. The molecular weight excluding hydrogens is 242 g/mol. The van der Waals surface area contributed by atoms with Crippen LogP contribution in [-0.2, 0) is 0 Å². The topological polar surface area (TPSA) is 12.0 Å². The standard InChI is InChI=1S/C19H21N/c1-19(2)11-13(19)12-20-18-16-9-5-3-7-14(16)15-8-4-6-10-17(15)18/h3-10,13,18,20H,11-12H2,1-2H3. The molecule has 0 saturated heterocycles. The Morgan fingerprint density at radius 2 is 1.45 bits per heavy atom. The molecule has 1 nitrogen and oxygen atoms in total. The molecule has 1 saturated carbocycles. The molecule has 1 atom stereocenters. The Morgan fingerprint density at radius 1 is 0.950 bits per heavy atom. The zero-order valence-electron chi connectivity index (χ0n) is 12.2. The summed E-state index contributed by atoms with van der Waals surface area (Å²) >= 11 is 0. The lowest BCUT2D eigenvalue weighted by Gasteiger charge is -2.16. The zero-order valence-corrected chi connectivity index (χ0v) is 12.2. The van der Waals surface area contributed by atoms with Crippen molar-refractivity contribution in [1.82, 2.24) is 5.32 Å². The summed E-state index contributed by atoms with van der Waals surface area (Å²) in [4.78, 5) is 0. The third-order valence-corrected chi connectivity index (χ3v) is 5.12. The van der Waals surface area contributed by atoms with Gasteiger partial charge in [0.05, 0.1) is 6.04 Å². The van der Waals surface area contributed by atoms with Gasteiger partial charge in [-0.05, 0) is 46.6 Å². The first-order valence-electron chi connectivity index (χ1n) is 7.58. The summed E-state index contributed by atoms with van der Waals surface area (Å²) in [6.07, 6.45) is 1.36. The van der Waals surface area contributed by atoms with Crippen molar-refractivity contribution < 1.29 is 0 Å². The van der Waals surface area contributed by atoms with E-state index in [9.17, 15) is 0 Å². The van der Waals surface area contributed by atoms with E-state index in [4.69, 9.17) is 0 Å². The molecule has 0 spiro atoms. The lowest BCUT2D eigenvalue weighted by molar-refractivity contribution is 0.499. The van der Waals surface area contributed by atoms with E-state index < -0.39 is 0 Å². The second-order valence-electron chi connectivity index (χ2n) is 6.91. The summed E-state index contributed by atoms with van der Waals surface area (Å²) in [7, 11) is 0. The minimum Gasteiger partial charge on any atom is -0.306 e. The monoisotopic (exact) mass is 263 g/mol. The fourth-order valence-electron chi connectivity index (χ4n) is 3.56. The molecule has 2 aliphatic carbocycles. The van der Waals surface area contributed by atoms with Crippen molar-refractivity contribution in [2.24, 2.45) is 11.3 Å². The molecule has 1 fully saturated rings. The highest BCUT2D eigenvalue weighted by molar-refractivity contribution is 5.78. The van der Waals surface area contributed by atoms with Crippen LogP contribution in [0.25, 0.3) is 11.1 Å². The molecule has 0 aliphatic heterocycles. The third kappa shape index (κ3) is 1.81. The van der Waals surface area contributed by atoms with E-state index in [2.05, 4.69) is 67.7 Å². The van der Waals surface area contributed by atoms with Crippen LogP contribution in [0.4, 0.5) is 0 Å². The molecule has 0 radical (unpaired) electrons. The van der Waals surface area contributed by atoms with Gasteiger partial charge in [-0.25, -0.2) is 0 Å². The van der Waals surface area contributed by atoms with Crippen molar-refractivity contribution in [3.05, 3.63) is 59.7 Å². The molecule has 2 aromatic carbocycles. The zero-order chi connectivity index (χ0) is 13.7. The van der Waals surface area contributed by atoms with E-state index in [0.29, 0.717) is 11.5 Å². The molecule has 1 heteroatoms. The van der Waals surface area contributed by atoms with Crippen LogP contribution >= 0.6 is 0 Å². The van der Waals surface area contributed by atoms with Gasteiger partial charge in [0.2, 0.25) is 0 Å². The first-order valence-corrected chi connectivity index (χ1v) is 7.58. The van der Waals surface area contributed by atoms with Crippen molar-refractivity contribution >= 4 is 0 Å². The maximum absolute atomic E-state index is 3.81. The molecule has 2 aliphatic rings. The molecule has 0 bridgehead atoms. The Bertz CT molecular complexity index is 611. The molecule has 1 unspecified atom stereocenters. The van der Waals surface area contributed by atoms with Crippen LogP contribution in [-0.4, -0.2) is 6.54 Å². The fourth-order valence-corrected chi connectivity index (χ4v) is 3.56. The van der Waals surface area contributed by atoms with Crippen LogP contribution in [0.1, 0.15) is 37.4 Å². The summed E-state index contributed by atoms with van der Waals surface area (Å²) < 4.78 is 0. The van der Waals surface area contributed by atoms with Gasteiger partial charge >= 0.3 is 0 Å². The molecular formula is C19H21N. The van der Waals surface area contributed by atoms with Gasteiger partial charge in [0, 0.05) is 0 Å². The van der Waals surface area contributed by atoms with Crippen LogP contribution in [0.2, 0.25) is 0 Å². The Morgan fingerprint density at radius 3 is 1.95 bits per heavy atom. The van der Waals surface area contributed by atoms with E-state index in [1.54, 1.807) is 0 Å². The van der Waals surface area contributed by atoms with Crippen molar-refractivity contribution in [1.29, 1.82) is 0 Å². The van der Waals surface area contributed by atoms with Gasteiger partial charge in [-0.2, -0.15) is 0 Å². The summed E-state index contributed by atoms with van der Waals surface area (Å²) in [6, 6.07) is 18.0. The number of nitrogens with one attached hydrogen (secondary N) is 1. The van der Waals surface area contributed by atoms with Gasteiger partial charge in [0.15, 0.2) is 0 Å². The normalized spacial score (nSPS) is 22.4. The second-order valence-corrected chi connectivity index (χ2v) is 6.91. The molecule has 2 aromatic rings. The summed E-state index contributed by atoms with van der Waals surface area (Å²) in [5.41, 5.74) is 6.22. The maximum atomic E-state index is 3.81. The van der Waals surface area contributed by atoms with E-state index in [1.807, 2.05) is 0 Å². The Labute approximate surface area is 121 Å². The van der Waals surface area contributed by atoms with Gasteiger partial charge in [0.25, 0.3) is 0 Å². The minimum atomic E-state index is 0.374. The van der Waals surface area contributed by atoms with E-state index in [-0.39, 0.29) is 0 Å². The van der Waals surface area contributed by atoms with Crippen LogP contribution in [0.15, 0.2) is 48.5 Å². The quantitative estimate of drug-likeness (QED) is 0.866. The molecule has 1 N–H and O–H groups in total. The molecule has 0 amide bonds. The van der Waals surface area contributed by atoms with Crippen LogP contribution < -0.4 is 5.32 Å². The van der Waals surface area contributed by atoms with Crippen molar-refractivity contribution in [3.63, 3.8) is 0 Å². The maximum Gasteiger partial charge on any atom is 0.0589 e. The van der Waals surface area contributed by atoms with Gasteiger partial charge in [-0.3, -0.25) is 0 Å². The van der Waals surface area contributed by atoms with Gasteiger partial charge in [0.1, 0.15) is 0 Å². The predicted molar refractivity (Wildman–Crippen MR) is 83.6 cm³/mol. The largest absolute Gasteiger partial charge is 0.306 e. The summed E-state index contributed by atoms with van der Waals surface area (Å²) in [6.45, 7) is 5.87. The first-order chi connectivity index (χ1) is 9.67. The molecule has 0 aromatic heterocycles. The number of fused-ring (bicyclic) bond motifs is 3. The Hall–Kier alpha value is -1.60. The molecule has 20 heavy (non-hydrogen) atoms. The lowest BCUT2D eigenvalue weighted by Crippen LogP contribution is -2.24. The van der Waals surface area contributed by atoms with Crippen molar-refractivity contribution in [2.75, 3.05) is 6.54 Å². The smallest absolute Gasteiger partial charge is 0.0589 e. The minimum absolute atomic E-state index is 0.374. The lowest BCUT2D eigenvalue weighted by atomic mass is 10.0. The van der Waals surface area contributed by atoms with Crippen molar-refractivity contribution in [2.45, 2.75) is 26.3 Å². The molecule has 102 valence electrons. The van der Waals surface area contributed by atoms with Crippen molar-refractivity contribution in [3.8, 4) is 11.1 Å². The average molecular weight is 263 g/mol. The molecule has 0 heterocycles. The SMILES string of the molecule is CC1(C)CC1CNC1c2ccccc2-c2ccccc21. The fraction of sp³-hybridized carbons (Fsp3) is 0.368. The highest BCUT2D eigenvalue weighted by atomic mass is 14.9. The summed E-state index contributed by atoms with van der Waals surface area (Å²) in [5.74, 6) is 0.836. The number of benzene rings is 2. The highest BCUT2D eigenvalue weighted by Gasteiger charge is 2.45. The Kier molecular flexibility index (Phi) is 2.55. The number of hydrogen-bond acceptors (Lipinski definition) is 1. The van der Waals surface area contributed by atoms with Crippen LogP contribution in [0.5, 0.6) is 0 Å². The molecule has 4 rings (SSSR count). The first kappa shape index (κ1) is 12.2. The van der Waals surface area contributed by atoms with Gasteiger partial charge < -0.3 is 5.32 Å². The van der Waals surface area contributed by atoms with Crippen LogP contribution in [0.3, 0.4) is 0 Å². The number of rotatable bonds is 3. The van der Waals surface area contributed by atoms with E-state index in [0.717, 1.165) is 12.5 Å². The average Bonchev–Trinajstić information content (AvgIpc) is 2.94. The van der Waals surface area contributed by atoms with E-state index >= 15 is 0 Å².